The molecule has 1 aliphatic heterocycles. The highest BCUT2D eigenvalue weighted by atomic mass is 32.5. The molecular formula is C9H20N3O2PS. The van der Waals surface area contributed by atoms with E-state index in [9.17, 15) is 0 Å². The highest BCUT2D eigenvalue weighted by Crippen LogP contribution is 2.51. The molecule has 1 aliphatic rings. The number of nitrogens with zero attached hydrogens (tertiary/aromatic N) is 3. The van der Waals surface area contributed by atoms with Crippen LogP contribution in [0.3, 0.4) is 0 Å². The summed E-state index contributed by atoms with van der Waals surface area (Å²) in [5.41, 5.74) is 0. The Bertz CT molecular complexity index is 310. The standard InChI is InChI=1S/C9H20N3O2PS/c1-8(2)14-15(16,13-5)10-9-11(3)6-7-12(9)4/h8H,6-7H2,1-5H3/t15-/m1/s1. The van der Waals surface area contributed by atoms with Gasteiger partial charge in [0, 0.05) is 34.3 Å². The van der Waals surface area contributed by atoms with Crippen LogP contribution in [0.15, 0.2) is 4.76 Å². The fraction of sp³-hybridized carbons (Fsp3) is 0.889. The Kier molecular flexibility index (Phi) is 4.73. The van der Waals surface area contributed by atoms with Crippen molar-refractivity contribution >= 4 is 24.4 Å². The van der Waals surface area contributed by atoms with Crippen molar-refractivity contribution in [3.8, 4) is 0 Å². The summed E-state index contributed by atoms with van der Waals surface area (Å²) in [7, 11) is 5.54. The zero-order chi connectivity index (χ0) is 12.3. The first-order valence-electron chi connectivity index (χ1n) is 5.24. The summed E-state index contributed by atoms with van der Waals surface area (Å²) in [4.78, 5) is 4.12. The summed E-state index contributed by atoms with van der Waals surface area (Å²) in [5, 5.41) is 0. The molecule has 0 spiro atoms. The molecule has 1 atom stereocenters. The van der Waals surface area contributed by atoms with Crippen LogP contribution >= 0.6 is 6.64 Å². The molecule has 1 saturated heterocycles. The van der Waals surface area contributed by atoms with Gasteiger partial charge < -0.3 is 18.8 Å². The Morgan fingerprint density at radius 2 is 1.81 bits per heavy atom. The van der Waals surface area contributed by atoms with Crippen molar-refractivity contribution in [2.45, 2.75) is 20.0 Å². The molecule has 7 heteroatoms. The zero-order valence-electron chi connectivity index (χ0n) is 10.5. The molecule has 0 unspecified atom stereocenters. The molecular weight excluding hydrogens is 245 g/mol. The predicted molar refractivity (Wildman–Crippen MR) is 70.2 cm³/mol. The van der Waals surface area contributed by atoms with Crippen molar-refractivity contribution in [2.75, 3.05) is 34.3 Å². The molecule has 94 valence electrons. The second-order valence-corrected chi connectivity index (χ2v) is 7.15. The van der Waals surface area contributed by atoms with Crippen LogP contribution in [0.4, 0.5) is 0 Å². The lowest BCUT2D eigenvalue weighted by molar-refractivity contribution is 0.223. The number of rotatable bonds is 4. The Labute approximate surface area is 103 Å². The third kappa shape index (κ3) is 3.42. The highest BCUT2D eigenvalue weighted by Gasteiger charge is 2.26. The molecule has 0 aliphatic carbocycles. The zero-order valence-corrected chi connectivity index (χ0v) is 12.2. The van der Waals surface area contributed by atoms with E-state index in [1.165, 1.54) is 0 Å². The summed E-state index contributed by atoms with van der Waals surface area (Å²) in [6, 6.07) is 0. The van der Waals surface area contributed by atoms with Crippen molar-refractivity contribution in [1.29, 1.82) is 0 Å². The van der Waals surface area contributed by atoms with Crippen LogP contribution in [0.1, 0.15) is 13.8 Å². The lowest BCUT2D eigenvalue weighted by Crippen LogP contribution is -2.28. The van der Waals surface area contributed by atoms with Gasteiger partial charge in [0.1, 0.15) is 0 Å². The Hall–Kier alpha value is -0.160. The second kappa shape index (κ2) is 5.45. The molecule has 5 nitrogen and oxygen atoms in total. The summed E-state index contributed by atoms with van der Waals surface area (Å²) in [6.07, 6.45) is 0.0205. The maximum Gasteiger partial charge on any atom is 0.312 e. The van der Waals surface area contributed by atoms with Crippen LogP contribution in [0.25, 0.3) is 0 Å². The normalized spacial score (nSPS) is 20.5. The van der Waals surface area contributed by atoms with E-state index < -0.39 is 6.64 Å². The van der Waals surface area contributed by atoms with Crippen LogP contribution in [-0.4, -0.2) is 56.2 Å². The Morgan fingerprint density at radius 3 is 2.19 bits per heavy atom. The minimum absolute atomic E-state index is 0.0205. The molecule has 0 saturated carbocycles. The van der Waals surface area contributed by atoms with Gasteiger partial charge in [-0.05, 0) is 25.7 Å². The van der Waals surface area contributed by atoms with E-state index in [1.54, 1.807) is 7.11 Å². The van der Waals surface area contributed by atoms with Gasteiger partial charge in [0.25, 0.3) is 0 Å². The van der Waals surface area contributed by atoms with Gasteiger partial charge in [-0.3, -0.25) is 0 Å². The van der Waals surface area contributed by atoms with E-state index in [4.69, 9.17) is 20.9 Å². The van der Waals surface area contributed by atoms with Crippen molar-refractivity contribution in [1.82, 2.24) is 9.80 Å². The molecule has 0 aromatic rings. The Morgan fingerprint density at radius 1 is 1.31 bits per heavy atom. The molecule has 0 aromatic heterocycles. The van der Waals surface area contributed by atoms with E-state index in [0.717, 1.165) is 19.0 Å². The van der Waals surface area contributed by atoms with E-state index in [2.05, 4.69) is 14.6 Å². The fourth-order valence-electron chi connectivity index (χ4n) is 1.43. The van der Waals surface area contributed by atoms with Crippen molar-refractivity contribution in [3.05, 3.63) is 0 Å². The number of likely N-dealkylation sites (N-methyl/N-ethyl adjacent to an activating group) is 2. The van der Waals surface area contributed by atoms with Gasteiger partial charge in [0.05, 0.1) is 6.10 Å². The van der Waals surface area contributed by atoms with Gasteiger partial charge in [-0.1, -0.05) is 0 Å². The van der Waals surface area contributed by atoms with Gasteiger partial charge in [-0.2, -0.15) is 4.76 Å². The summed E-state index contributed by atoms with van der Waals surface area (Å²) in [5.74, 6) is 0.853. The van der Waals surface area contributed by atoms with Crippen LogP contribution in [0, 0.1) is 0 Å². The first-order valence-corrected chi connectivity index (χ1v) is 7.83. The average molecular weight is 265 g/mol. The number of hydrogen-bond donors (Lipinski definition) is 0. The van der Waals surface area contributed by atoms with Crippen LogP contribution in [0.5, 0.6) is 0 Å². The molecule has 0 N–H and O–H groups in total. The molecule has 16 heavy (non-hydrogen) atoms. The minimum Gasteiger partial charge on any atom is -0.344 e. The average Bonchev–Trinajstić information content (AvgIpc) is 2.48. The third-order valence-electron chi connectivity index (χ3n) is 2.24. The van der Waals surface area contributed by atoms with E-state index in [-0.39, 0.29) is 6.10 Å². The number of hydrogen-bond acceptors (Lipinski definition) is 3. The molecule has 0 amide bonds. The van der Waals surface area contributed by atoms with Crippen molar-refractivity contribution in [2.24, 2.45) is 4.76 Å². The van der Waals surface area contributed by atoms with Gasteiger partial charge >= 0.3 is 6.64 Å². The van der Waals surface area contributed by atoms with Crippen LogP contribution in [-0.2, 0) is 20.9 Å². The first-order chi connectivity index (χ1) is 7.38. The quantitative estimate of drug-likeness (QED) is 0.720. The SMILES string of the molecule is CO[P@](=S)(N=C1N(C)CCN1C)OC(C)C. The van der Waals surface area contributed by atoms with Crippen molar-refractivity contribution in [3.63, 3.8) is 0 Å². The smallest absolute Gasteiger partial charge is 0.312 e. The maximum absolute atomic E-state index is 5.61. The van der Waals surface area contributed by atoms with Crippen LogP contribution in [0.2, 0.25) is 0 Å². The van der Waals surface area contributed by atoms with E-state index >= 15 is 0 Å². The summed E-state index contributed by atoms with van der Waals surface area (Å²) >= 11 is 5.35. The van der Waals surface area contributed by atoms with E-state index in [0.29, 0.717) is 0 Å². The fourth-order valence-corrected chi connectivity index (χ4v) is 3.44. The Balaban J connectivity index is 2.89. The minimum atomic E-state index is -2.54. The maximum atomic E-state index is 5.61. The highest BCUT2D eigenvalue weighted by molar-refractivity contribution is 8.09. The lowest BCUT2D eigenvalue weighted by Gasteiger charge is -2.22. The monoisotopic (exact) mass is 265 g/mol. The van der Waals surface area contributed by atoms with Crippen molar-refractivity contribution < 1.29 is 9.05 Å². The van der Waals surface area contributed by atoms with Gasteiger partial charge in [0.15, 0.2) is 0 Å². The largest absolute Gasteiger partial charge is 0.344 e. The number of guanidine groups is 1. The lowest BCUT2D eigenvalue weighted by atomic mass is 10.5. The predicted octanol–water partition coefficient (Wildman–Crippen LogP) is 1.52. The topological polar surface area (TPSA) is 37.3 Å². The first kappa shape index (κ1) is 13.9. The molecule has 0 radical (unpaired) electrons. The van der Waals surface area contributed by atoms with Crippen LogP contribution < -0.4 is 0 Å². The third-order valence-corrected chi connectivity index (χ3v) is 4.76. The molecule has 1 rings (SSSR count). The molecule has 1 heterocycles. The van der Waals surface area contributed by atoms with E-state index in [1.807, 2.05) is 27.9 Å². The summed E-state index contributed by atoms with van der Waals surface area (Å²) < 4.78 is 15.4. The second-order valence-electron chi connectivity index (χ2n) is 4.05. The van der Waals surface area contributed by atoms with Gasteiger partial charge in [0.2, 0.25) is 5.96 Å². The van der Waals surface area contributed by atoms with Gasteiger partial charge in [-0.25, -0.2) is 0 Å². The molecule has 0 bridgehead atoms. The van der Waals surface area contributed by atoms with Gasteiger partial charge in [-0.15, -0.1) is 0 Å². The summed E-state index contributed by atoms with van der Waals surface area (Å²) in [6.45, 7) is 3.23. The molecule has 1 fully saturated rings. The molecule has 0 aromatic carbocycles.